The van der Waals surface area contributed by atoms with E-state index in [9.17, 15) is 4.79 Å². The van der Waals surface area contributed by atoms with Gasteiger partial charge in [-0.3, -0.25) is 4.79 Å². The predicted octanol–water partition coefficient (Wildman–Crippen LogP) is 5.29. The second kappa shape index (κ2) is 6.82. The maximum absolute atomic E-state index is 13.5. The van der Waals surface area contributed by atoms with Crippen molar-refractivity contribution in [2.75, 3.05) is 14.2 Å². The van der Waals surface area contributed by atoms with Crippen molar-refractivity contribution in [3.8, 4) is 33.8 Å². The topological polar surface area (TPSA) is 47.4 Å². The van der Waals surface area contributed by atoms with Gasteiger partial charge in [-0.15, -0.1) is 0 Å². The third-order valence-corrected chi connectivity index (χ3v) is 6.85. The van der Waals surface area contributed by atoms with Crippen molar-refractivity contribution in [2.45, 2.75) is 18.4 Å². The molecule has 0 unspecified atom stereocenters. The molecule has 32 heavy (non-hydrogen) atoms. The average Bonchev–Trinajstić information content (AvgIpc) is 3.55. The van der Waals surface area contributed by atoms with E-state index in [1.54, 1.807) is 13.3 Å². The lowest BCUT2D eigenvalue weighted by Gasteiger charge is -2.27. The van der Waals surface area contributed by atoms with Crippen molar-refractivity contribution in [1.82, 2.24) is 14.5 Å². The molecule has 0 atom stereocenters. The van der Waals surface area contributed by atoms with Crippen LogP contribution in [0.3, 0.4) is 0 Å². The Kier molecular flexibility index (Phi) is 4.02. The highest BCUT2D eigenvalue weighted by molar-refractivity contribution is 5.97. The highest BCUT2D eigenvalue weighted by Crippen LogP contribution is 2.54. The largest absolute Gasteiger partial charge is 0.481 e. The molecule has 6 rings (SSSR count). The number of amides is 1. The highest BCUT2D eigenvalue weighted by Gasteiger charge is 2.53. The Morgan fingerprint density at radius 2 is 1.75 bits per heavy atom. The molecule has 2 aliphatic rings. The van der Waals surface area contributed by atoms with Crippen LogP contribution in [0.25, 0.3) is 27.9 Å². The Labute approximate surface area is 186 Å². The van der Waals surface area contributed by atoms with Gasteiger partial charge in [-0.25, -0.2) is 4.98 Å². The fourth-order valence-corrected chi connectivity index (χ4v) is 4.95. The summed E-state index contributed by atoms with van der Waals surface area (Å²) in [7, 11) is 3.57. The monoisotopic (exact) mass is 421 g/mol. The number of rotatable bonds is 3. The average molecular weight is 422 g/mol. The number of fused-ring (bicyclic) bond motifs is 4. The number of hydrogen-bond acceptors (Lipinski definition) is 3. The summed E-state index contributed by atoms with van der Waals surface area (Å²) >= 11 is 0. The molecular weight excluding hydrogens is 398 g/mol. The lowest BCUT2D eigenvalue weighted by Crippen LogP contribution is -2.36. The van der Waals surface area contributed by atoms with E-state index in [4.69, 9.17) is 4.74 Å². The quantitative estimate of drug-likeness (QED) is 0.452. The third kappa shape index (κ3) is 2.64. The van der Waals surface area contributed by atoms with Crippen molar-refractivity contribution >= 4 is 5.91 Å². The Hall–Kier alpha value is -3.86. The van der Waals surface area contributed by atoms with E-state index in [1.807, 2.05) is 48.3 Å². The molecule has 0 saturated heterocycles. The van der Waals surface area contributed by atoms with E-state index in [1.165, 1.54) is 5.56 Å². The minimum absolute atomic E-state index is 0.0568. The lowest BCUT2D eigenvalue weighted by atomic mass is 9.96. The van der Waals surface area contributed by atoms with Crippen molar-refractivity contribution < 1.29 is 9.53 Å². The molecule has 1 fully saturated rings. The molecule has 5 nitrogen and oxygen atoms in total. The van der Waals surface area contributed by atoms with Gasteiger partial charge in [0.15, 0.2) is 0 Å². The fraction of sp³-hybridized carbons (Fsp3) is 0.185. The fourth-order valence-electron chi connectivity index (χ4n) is 4.95. The number of carbonyl (C=O) groups excluding carboxylic acids is 1. The summed E-state index contributed by atoms with van der Waals surface area (Å²) in [6.07, 6.45) is 5.78. The van der Waals surface area contributed by atoms with Crippen LogP contribution in [0.1, 0.15) is 28.9 Å². The van der Waals surface area contributed by atoms with Gasteiger partial charge in [0.2, 0.25) is 5.88 Å². The molecule has 1 aliphatic heterocycles. The van der Waals surface area contributed by atoms with E-state index in [-0.39, 0.29) is 11.4 Å². The summed E-state index contributed by atoms with van der Waals surface area (Å²) in [5.74, 6) is 0.648. The second-order valence-electron chi connectivity index (χ2n) is 8.54. The molecule has 1 saturated carbocycles. The molecule has 2 aromatic heterocycles. The highest BCUT2D eigenvalue weighted by atomic mass is 16.5. The lowest BCUT2D eigenvalue weighted by molar-refractivity contribution is 0.0705. The zero-order chi connectivity index (χ0) is 21.9. The van der Waals surface area contributed by atoms with Gasteiger partial charge in [-0.05, 0) is 48.2 Å². The van der Waals surface area contributed by atoms with Crippen LogP contribution in [0.4, 0.5) is 0 Å². The van der Waals surface area contributed by atoms with Gasteiger partial charge in [0.1, 0.15) is 5.69 Å². The van der Waals surface area contributed by atoms with Crippen molar-refractivity contribution in [2.24, 2.45) is 0 Å². The number of methoxy groups -OCH3 is 1. The van der Waals surface area contributed by atoms with Gasteiger partial charge in [0.05, 0.1) is 18.3 Å². The van der Waals surface area contributed by atoms with Crippen LogP contribution in [0.5, 0.6) is 5.88 Å². The molecular formula is C27H23N3O2. The van der Waals surface area contributed by atoms with Crippen LogP contribution in [0.2, 0.25) is 0 Å². The van der Waals surface area contributed by atoms with Gasteiger partial charge in [0.25, 0.3) is 5.91 Å². The first kappa shape index (κ1) is 18.9. The molecule has 4 aromatic rings. The summed E-state index contributed by atoms with van der Waals surface area (Å²) in [4.78, 5) is 19.8. The minimum atomic E-state index is -0.226. The van der Waals surface area contributed by atoms with Gasteiger partial charge >= 0.3 is 0 Å². The summed E-state index contributed by atoms with van der Waals surface area (Å²) in [5.41, 5.74) is 6.77. The Bertz CT molecular complexity index is 1350. The Balaban J connectivity index is 1.60. The molecule has 0 bridgehead atoms. The summed E-state index contributed by atoms with van der Waals surface area (Å²) in [6.45, 7) is 0. The first-order valence-corrected chi connectivity index (χ1v) is 10.8. The second-order valence-corrected chi connectivity index (χ2v) is 8.54. The Morgan fingerprint density at radius 3 is 2.50 bits per heavy atom. The minimum Gasteiger partial charge on any atom is -0.481 e. The summed E-state index contributed by atoms with van der Waals surface area (Å²) in [5, 5.41) is 0. The Morgan fingerprint density at radius 1 is 0.938 bits per heavy atom. The van der Waals surface area contributed by atoms with E-state index < -0.39 is 0 Å². The van der Waals surface area contributed by atoms with E-state index in [0.29, 0.717) is 11.6 Å². The van der Waals surface area contributed by atoms with Crippen LogP contribution in [-0.4, -0.2) is 34.5 Å². The summed E-state index contributed by atoms with van der Waals surface area (Å²) in [6, 6.07) is 22.6. The standard InChI is InChI=1S/C27H23N3O2/c1-29-26(31)24-16-20(18-7-4-3-5-8-18)17-30(24)23-15-19(10-11-22(23)27(29)12-13-27)21-9-6-14-28-25(21)32-2/h3-11,14-17H,12-13H2,1-2H3. The normalized spacial score (nSPS) is 15.8. The van der Waals surface area contributed by atoms with Crippen LogP contribution >= 0.6 is 0 Å². The van der Waals surface area contributed by atoms with Crippen LogP contribution in [-0.2, 0) is 5.54 Å². The smallest absolute Gasteiger partial charge is 0.271 e. The number of benzene rings is 2. The maximum Gasteiger partial charge on any atom is 0.271 e. The third-order valence-electron chi connectivity index (χ3n) is 6.85. The van der Waals surface area contributed by atoms with Crippen LogP contribution in [0.15, 0.2) is 79.1 Å². The molecule has 3 heterocycles. The van der Waals surface area contributed by atoms with Gasteiger partial charge < -0.3 is 14.2 Å². The predicted molar refractivity (Wildman–Crippen MR) is 124 cm³/mol. The SMILES string of the molecule is COc1ncccc1-c1ccc2c(c1)-n1cc(-c3ccccc3)cc1C(=O)N(C)C21CC1. The van der Waals surface area contributed by atoms with Gasteiger partial charge in [-0.1, -0.05) is 42.5 Å². The number of pyridine rings is 1. The number of carbonyl (C=O) groups is 1. The number of hydrogen-bond donors (Lipinski definition) is 0. The zero-order valence-corrected chi connectivity index (χ0v) is 18.1. The van der Waals surface area contributed by atoms with Gasteiger partial charge in [0, 0.05) is 36.1 Å². The number of nitrogens with zero attached hydrogens (tertiary/aromatic N) is 3. The first-order chi connectivity index (χ1) is 15.6. The molecule has 2 aromatic carbocycles. The molecule has 5 heteroatoms. The molecule has 1 spiro atoms. The van der Waals surface area contributed by atoms with Gasteiger partial charge in [-0.2, -0.15) is 0 Å². The van der Waals surface area contributed by atoms with Crippen molar-refractivity contribution in [3.05, 3.63) is 90.4 Å². The summed E-state index contributed by atoms with van der Waals surface area (Å²) < 4.78 is 7.57. The molecule has 0 radical (unpaired) electrons. The van der Waals surface area contributed by atoms with E-state index in [2.05, 4.69) is 46.1 Å². The zero-order valence-electron chi connectivity index (χ0n) is 18.1. The maximum atomic E-state index is 13.5. The van der Waals surface area contributed by atoms with Crippen LogP contribution < -0.4 is 4.74 Å². The molecule has 158 valence electrons. The van der Waals surface area contributed by atoms with E-state index >= 15 is 0 Å². The van der Waals surface area contributed by atoms with Crippen LogP contribution in [0, 0.1) is 0 Å². The van der Waals surface area contributed by atoms with Crippen molar-refractivity contribution in [3.63, 3.8) is 0 Å². The van der Waals surface area contributed by atoms with E-state index in [0.717, 1.165) is 40.8 Å². The number of aromatic nitrogens is 2. The first-order valence-electron chi connectivity index (χ1n) is 10.8. The number of ether oxygens (including phenoxy) is 1. The molecule has 1 aliphatic carbocycles. The molecule has 0 N–H and O–H groups in total. The van der Waals surface area contributed by atoms with Crippen molar-refractivity contribution in [1.29, 1.82) is 0 Å². The molecule has 1 amide bonds.